The average Bonchev–Trinajstić information content (AvgIpc) is 2.61. The molecule has 2 aromatic rings. The summed E-state index contributed by atoms with van der Waals surface area (Å²) in [5.74, 6) is 1.75. The number of carbonyl (C=O) groups is 1. The van der Waals surface area contributed by atoms with E-state index < -0.39 is 0 Å². The Labute approximate surface area is 141 Å². The fourth-order valence-electron chi connectivity index (χ4n) is 1.92. The van der Waals surface area contributed by atoms with Crippen LogP contribution in [0.25, 0.3) is 0 Å². The number of hydrogen-bond donors (Lipinski definition) is 1. The first-order chi connectivity index (χ1) is 11.7. The lowest BCUT2D eigenvalue weighted by atomic mass is 10.3. The third kappa shape index (κ3) is 5.81. The number of methoxy groups -OCH3 is 2. The van der Waals surface area contributed by atoms with Gasteiger partial charge in [0, 0.05) is 18.9 Å². The summed E-state index contributed by atoms with van der Waals surface area (Å²) in [6.07, 6.45) is 0. The Kier molecular flexibility index (Phi) is 6.91. The summed E-state index contributed by atoms with van der Waals surface area (Å²) in [6, 6.07) is 14.2. The average molecular weight is 331 g/mol. The lowest BCUT2D eigenvalue weighted by molar-refractivity contribution is -0.118. The van der Waals surface area contributed by atoms with E-state index in [-0.39, 0.29) is 12.5 Å². The molecule has 2 rings (SSSR count). The van der Waals surface area contributed by atoms with Crippen LogP contribution in [-0.2, 0) is 9.53 Å². The standard InChI is InChI=1S/C18H21NO5/c1-21-10-11-23-17-5-3-4-14(12-17)19-18(20)13-24-16-8-6-15(22-2)7-9-16/h3-9,12H,10-11,13H2,1-2H3,(H,19,20). The molecule has 0 radical (unpaired) electrons. The Morgan fingerprint density at radius 2 is 1.67 bits per heavy atom. The molecule has 1 amide bonds. The fraction of sp³-hybridized carbons (Fsp3) is 0.278. The van der Waals surface area contributed by atoms with Gasteiger partial charge in [0.05, 0.1) is 13.7 Å². The van der Waals surface area contributed by atoms with Crippen molar-refractivity contribution in [3.63, 3.8) is 0 Å². The van der Waals surface area contributed by atoms with Crippen LogP contribution in [0.3, 0.4) is 0 Å². The topological polar surface area (TPSA) is 66.0 Å². The van der Waals surface area contributed by atoms with Crippen LogP contribution in [0.1, 0.15) is 0 Å². The fourth-order valence-corrected chi connectivity index (χ4v) is 1.92. The molecule has 128 valence electrons. The van der Waals surface area contributed by atoms with Gasteiger partial charge in [0.1, 0.15) is 23.9 Å². The van der Waals surface area contributed by atoms with Crippen molar-refractivity contribution in [2.45, 2.75) is 0 Å². The molecule has 0 saturated carbocycles. The molecule has 0 unspecified atom stereocenters. The number of carbonyl (C=O) groups excluding carboxylic acids is 1. The van der Waals surface area contributed by atoms with Crippen molar-refractivity contribution in [3.05, 3.63) is 48.5 Å². The predicted octanol–water partition coefficient (Wildman–Crippen LogP) is 2.74. The van der Waals surface area contributed by atoms with Gasteiger partial charge in [0.2, 0.25) is 0 Å². The largest absolute Gasteiger partial charge is 0.497 e. The molecule has 0 aliphatic heterocycles. The van der Waals surface area contributed by atoms with E-state index in [9.17, 15) is 4.79 Å². The molecule has 6 heteroatoms. The van der Waals surface area contributed by atoms with Gasteiger partial charge < -0.3 is 24.3 Å². The highest BCUT2D eigenvalue weighted by molar-refractivity contribution is 5.92. The van der Waals surface area contributed by atoms with E-state index in [0.717, 1.165) is 5.75 Å². The molecular formula is C18H21NO5. The molecule has 0 spiro atoms. The number of rotatable bonds is 9. The number of ether oxygens (including phenoxy) is 4. The third-order valence-electron chi connectivity index (χ3n) is 3.10. The summed E-state index contributed by atoms with van der Waals surface area (Å²) in [5, 5.41) is 2.77. The van der Waals surface area contributed by atoms with Crippen LogP contribution in [0.2, 0.25) is 0 Å². The van der Waals surface area contributed by atoms with Crippen molar-refractivity contribution < 1.29 is 23.7 Å². The highest BCUT2D eigenvalue weighted by Gasteiger charge is 2.05. The van der Waals surface area contributed by atoms with Gasteiger partial charge in [-0.2, -0.15) is 0 Å². The maximum absolute atomic E-state index is 12.0. The molecule has 24 heavy (non-hydrogen) atoms. The highest BCUT2D eigenvalue weighted by atomic mass is 16.5. The van der Waals surface area contributed by atoms with Gasteiger partial charge in [-0.15, -0.1) is 0 Å². The normalized spacial score (nSPS) is 10.1. The molecule has 0 saturated heterocycles. The molecule has 0 aromatic heterocycles. The van der Waals surface area contributed by atoms with Crippen LogP contribution in [0, 0.1) is 0 Å². The molecule has 0 fully saturated rings. The number of hydrogen-bond acceptors (Lipinski definition) is 5. The maximum Gasteiger partial charge on any atom is 0.262 e. The quantitative estimate of drug-likeness (QED) is 0.716. The van der Waals surface area contributed by atoms with Gasteiger partial charge in [0.25, 0.3) is 5.91 Å². The lowest BCUT2D eigenvalue weighted by Gasteiger charge is -2.10. The first-order valence-electron chi connectivity index (χ1n) is 7.50. The molecule has 0 heterocycles. The molecule has 0 aliphatic carbocycles. The third-order valence-corrected chi connectivity index (χ3v) is 3.10. The van der Waals surface area contributed by atoms with Gasteiger partial charge in [-0.05, 0) is 36.4 Å². The van der Waals surface area contributed by atoms with Gasteiger partial charge in [-0.25, -0.2) is 0 Å². The summed E-state index contributed by atoms with van der Waals surface area (Å²) >= 11 is 0. The Balaban J connectivity index is 1.81. The van der Waals surface area contributed by atoms with E-state index in [4.69, 9.17) is 18.9 Å². The van der Waals surface area contributed by atoms with Crippen molar-refractivity contribution >= 4 is 11.6 Å². The molecule has 0 aliphatic rings. The maximum atomic E-state index is 12.0. The molecule has 6 nitrogen and oxygen atoms in total. The Morgan fingerprint density at radius 1 is 0.917 bits per heavy atom. The number of amides is 1. The lowest BCUT2D eigenvalue weighted by Crippen LogP contribution is -2.20. The summed E-state index contributed by atoms with van der Waals surface area (Å²) in [5.41, 5.74) is 0.647. The van der Waals surface area contributed by atoms with Crippen molar-refractivity contribution in [3.8, 4) is 17.2 Å². The van der Waals surface area contributed by atoms with Crippen LogP contribution in [0.4, 0.5) is 5.69 Å². The van der Waals surface area contributed by atoms with E-state index in [1.54, 1.807) is 50.6 Å². The minimum atomic E-state index is -0.250. The van der Waals surface area contributed by atoms with Crippen molar-refractivity contribution in [2.24, 2.45) is 0 Å². The van der Waals surface area contributed by atoms with E-state index in [1.807, 2.05) is 12.1 Å². The Bertz CT molecular complexity index is 642. The molecule has 0 atom stereocenters. The zero-order valence-corrected chi connectivity index (χ0v) is 13.8. The van der Waals surface area contributed by atoms with Crippen LogP contribution in [0.15, 0.2) is 48.5 Å². The van der Waals surface area contributed by atoms with Gasteiger partial charge in [-0.1, -0.05) is 6.07 Å². The second kappa shape index (κ2) is 9.42. The summed E-state index contributed by atoms with van der Waals surface area (Å²) < 4.78 is 20.9. The monoisotopic (exact) mass is 331 g/mol. The molecule has 2 aromatic carbocycles. The number of anilines is 1. The van der Waals surface area contributed by atoms with Crippen LogP contribution < -0.4 is 19.5 Å². The zero-order valence-electron chi connectivity index (χ0n) is 13.8. The van der Waals surface area contributed by atoms with E-state index in [0.29, 0.717) is 30.4 Å². The second-order valence-corrected chi connectivity index (χ2v) is 4.88. The summed E-state index contributed by atoms with van der Waals surface area (Å²) in [6.45, 7) is 0.877. The van der Waals surface area contributed by atoms with Crippen LogP contribution >= 0.6 is 0 Å². The van der Waals surface area contributed by atoms with Crippen molar-refractivity contribution in [2.75, 3.05) is 39.4 Å². The minimum absolute atomic E-state index is 0.0823. The first kappa shape index (κ1) is 17.6. The van der Waals surface area contributed by atoms with E-state index >= 15 is 0 Å². The zero-order chi connectivity index (χ0) is 17.2. The second-order valence-electron chi connectivity index (χ2n) is 4.88. The van der Waals surface area contributed by atoms with Crippen LogP contribution in [-0.4, -0.2) is 39.9 Å². The number of nitrogens with one attached hydrogen (secondary N) is 1. The molecule has 0 bridgehead atoms. The SMILES string of the molecule is COCCOc1cccc(NC(=O)COc2ccc(OC)cc2)c1. The van der Waals surface area contributed by atoms with Crippen molar-refractivity contribution in [1.82, 2.24) is 0 Å². The molecular weight excluding hydrogens is 310 g/mol. The van der Waals surface area contributed by atoms with Gasteiger partial charge in [-0.3, -0.25) is 4.79 Å². The van der Waals surface area contributed by atoms with Crippen LogP contribution in [0.5, 0.6) is 17.2 Å². The first-order valence-corrected chi connectivity index (χ1v) is 7.50. The predicted molar refractivity (Wildman–Crippen MR) is 90.9 cm³/mol. The van der Waals surface area contributed by atoms with Gasteiger partial charge in [0.15, 0.2) is 6.61 Å². The number of benzene rings is 2. The molecule has 1 N–H and O–H groups in total. The summed E-state index contributed by atoms with van der Waals surface area (Å²) in [7, 11) is 3.21. The van der Waals surface area contributed by atoms with Crippen molar-refractivity contribution in [1.29, 1.82) is 0 Å². The highest BCUT2D eigenvalue weighted by Crippen LogP contribution is 2.18. The smallest absolute Gasteiger partial charge is 0.262 e. The van der Waals surface area contributed by atoms with E-state index in [1.165, 1.54) is 0 Å². The van der Waals surface area contributed by atoms with E-state index in [2.05, 4.69) is 5.32 Å². The Hall–Kier alpha value is -2.73. The summed E-state index contributed by atoms with van der Waals surface area (Å²) in [4.78, 5) is 12.0. The van der Waals surface area contributed by atoms with Gasteiger partial charge >= 0.3 is 0 Å². The minimum Gasteiger partial charge on any atom is -0.497 e. The Morgan fingerprint density at radius 3 is 2.38 bits per heavy atom.